The second-order valence-electron chi connectivity index (χ2n) is 4.81. The van der Waals surface area contributed by atoms with Crippen molar-refractivity contribution in [3.8, 4) is 0 Å². The highest BCUT2D eigenvalue weighted by Gasteiger charge is 2.20. The maximum Gasteiger partial charge on any atom is 0.340 e. The molecule has 0 aromatic heterocycles. The topological polar surface area (TPSA) is 55.6 Å². The molecule has 0 saturated heterocycles. The van der Waals surface area contributed by atoms with Crippen molar-refractivity contribution < 1.29 is 9.53 Å². The van der Waals surface area contributed by atoms with Gasteiger partial charge in [0, 0.05) is 12.2 Å². The first-order chi connectivity index (χ1) is 10.1. The van der Waals surface area contributed by atoms with Gasteiger partial charge in [0.2, 0.25) is 0 Å². The molecule has 110 valence electrons. The molecular formula is C17H20N2O2. The van der Waals surface area contributed by atoms with E-state index in [4.69, 9.17) is 10.5 Å². The summed E-state index contributed by atoms with van der Waals surface area (Å²) in [6.07, 6.45) is 0. The largest absolute Gasteiger partial charge is 0.465 e. The van der Waals surface area contributed by atoms with Crippen molar-refractivity contribution >= 4 is 23.0 Å². The van der Waals surface area contributed by atoms with E-state index < -0.39 is 0 Å². The Morgan fingerprint density at radius 3 is 2.43 bits per heavy atom. The Morgan fingerprint density at radius 2 is 1.86 bits per heavy atom. The zero-order chi connectivity index (χ0) is 15.4. The van der Waals surface area contributed by atoms with Gasteiger partial charge in [0.1, 0.15) is 0 Å². The van der Waals surface area contributed by atoms with Crippen molar-refractivity contribution in [1.82, 2.24) is 0 Å². The van der Waals surface area contributed by atoms with E-state index in [-0.39, 0.29) is 5.97 Å². The van der Waals surface area contributed by atoms with Crippen LogP contribution in [-0.4, -0.2) is 19.6 Å². The summed E-state index contributed by atoms with van der Waals surface area (Å²) in [4.78, 5) is 14.0. The van der Waals surface area contributed by atoms with Gasteiger partial charge in [0.25, 0.3) is 0 Å². The van der Waals surface area contributed by atoms with E-state index in [1.54, 1.807) is 18.2 Å². The van der Waals surface area contributed by atoms with E-state index in [9.17, 15) is 4.79 Å². The summed E-state index contributed by atoms with van der Waals surface area (Å²) in [5.41, 5.74) is 10.0. The van der Waals surface area contributed by atoms with Gasteiger partial charge in [-0.3, -0.25) is 0 Å². The molecule has 0 bridgehead atoms. The molecular weight excluding hydrogens is 264 g/mol. The monoisotopic (exact) mass is 284 g/mol. The lowest BCUT2D eigenvalue weighted by Crippen LogP contribution is -2.21. The van der Waals surface area contributed by atoms with Crippen molar-refractivity contribution in [2.45, 2.75) is 13.8 Å². The van der Waals surface area contributed by atoms with Crippen molar-refractivity contribution in [3.63, 3.8) is 0 Å². The number of methoxy groups -OCH3 is 1. The summed E-state index contributed by atoms with van der Waals surface area (Å²) in [5.74, 6) is -0.386. The second-order valence-corrected chi connectivity index (χ2v) is 4.81. The van der Waals surface area contributed by atoms with Gasteiger partial charge in [-0.1, -0.05) is 23.8 Å². The molecule has 2 rings (SSSR count). The number of hydrogen-bond acceptors (Lipinski definition) is 4. The summed E-state index contributed by atoms with van der Waals surface area (Å²) in [5, 5.41) is 0. The number of nitrogen functional groups attached to an aromatic ring is 1. The third-order valence-electron chi connectivity index (χ3n) is 3.40. The van der Waals surface area contributed by atoms with E-state index >= 15 is 0 Å². The average molecular weight is 284 g/mol. The number of ether oxygens (including phenoxy) is 1. The third kappa shape index (κ3) is 2.99. The smallest absolute Gasteiger partial charge is 0.340 e. The van der Waals surface area contributed by atoms with Gasteiger partial charge < -0.3 is 15.4 Å². The fraction of sp³-hybridized carbons (Fsp3) is 0.235. The maximum absolute atomic E-state index is 12.0. The molecule has 21 heavy (non-hydrogen) atoms. The molecule has 0 radical (unpaired) electrons. The number of benzene rings is 2. The minimum atomic E-state index is -0.386. The Bertz CT molecular complexity index is 636. The number of rotatable bonds is 4. The predicted molar refractivity (Wildman–Crippen MR) is 86.1 cm³/mol. The molecule has 0 aliphatic heterocycles. The molecule has 0 amide bonds. The fourth-order valence-corrected chi connectivity index (χ4v) is 2.33. The van der Waals surface area contributed by atoms with Crippen LogP contribution < -0.4 is 10.6 Å². The fourth-order valence-electron chi connectivity index (χ4n) is 2.33. The molecule has 0 aliphatic rings. The lowest BCUT2D eigenvalue weighted by Gasteiger charge is -2.26. The lowest BCUT2D eigenvalue weighted by molar-refractivity contribution is 0.0601. The zero-order valence-corrected chi connectivity index (χ0v) is 12.6. The van der Waals surface area contributed by atoms with Gasteiger partial charge in [-0.25, -0.2) is 4.79 Å². The molecule has 0 aliphatic carbocycles. The Hall–Kier alpha value is -2.49. The molecule has 0 heterocycles. The van der Waals surface area contributed by atoms with Crippen LogP contribution in [0.3, 0.4) is 0 Å². The Kier molecular flexibility index (Phi) is 4.48. The molecule has 2 aromatic rings. The summed E-state index contributed by atoms with van der Waals surface area (Å²) >= 11 is 0. The van der Waals surface area contributed by atoms with Gasteiger partial charge in [0.05, 0.1) is 24.0 Å². The summed E-state index contributed by atoms with van der Waals surface area (Å²) in [6, 6.07) is 13.4. The standard InChI is InChI=1S/C17H20N2O2/c1-4-19(13-10-8-12(2)9-11-13)16-14(17(20)21-3)6-5-7-15(16)18/h5-11H,4,18H2,1-3H3. The number of carbonyl (C=O) groups excluding carboxylic acids is 1. The highest BCUT2D eigenvalue weighted by Crippen LogP contribution is 2.34. The van der Waals surface area contributed by atoms with Gasteiger partial charge in [0.15, 0.2) is 0 Å². The molecule has 0 saturated carbocycles. The number of anilines is 3. The van der Waals surface area contributed by atoms with Crippen LogP contribution >= 0.6 is 0 Å². The second kappa shape index (κ2) is 6.31. The molecule has 4 nitrogen and oxygen atoms in total. The van der Waals surface area contributed by atoms with E-state index in [2.05, 4.69) is 0 Å². The first-order valence-electron chi connectivity index (χ1n) is 6.89. The highest BCUT2D eigenvalue weighted by atomic mass is 16.5. The number of para-hydroxylation sites is 1. The number of hydrogen-bond donors (Lipinski definition) is 1. The van der Waals surface area contributed by atoms with E-state index in [1.807, 2.05) is 43.0 Å². The zero-order valence-electron chi connectivity index (χ0n) is 12.6. The van der Waals surface area contributed by atoms with E-state index in [1.165, 1.54) is 12.7 Å². The molecule has 4 heteroatoms. The minimum absolute atomic E-state index is 0.386. The van der Waals surface area contributed by atoms with Gasteiger partial charge >= 0.3 is 5.97 Å². The Morgan fingerprint density at radius 1 is 1.19 bits per heavy atom. The summed E-state index contributed by atoms with van der Waals surface area (Å²) in [7, 11) is 1.37. The number of nitrogens with two attached hydrogens (primary N) is 1. The highest BCUT2D eigenvalue weighted by molar-refractivity contribution is 6.00. The summed E-state index contributed by atoms with van der Waals surface area (Å²) in [6.45, 7) is 4.76. The summed E-state index contributed by atoms with van der Waals surface area (Å²) < 4.78 is 4.86. The van der Waals surface area contributed by atoms with E-state index in [0.29, 0.717) is 23.5 Å². The van der Waals surface area contributed by atoms with E-state index in [0.717, 1.165) is 5.69 Å². The molecule has 2 N–H and O–H groups in total. The lowest BCUT2D eigenvalue weighted by atomic mass is 10.1. The van der Waals surface area contributed by atoms with Crippen LogP contribution in [0.25, 0.3) is 0 Å². The third-order valence-corrected chi connectivity index (χ3v) is 3.40. The van der Waals surface area contributed by atoms with Crippen molar-refractivity contribution in [3.05, 3.63) is 53.6 Å². The predicted octanol–water partition coefficient (Wildman–Crippen LogP) is 3.52. The van der Waals surface area contributed by atoms with Crippen LogP contribution in [0.15, 0.2) is 42.5 Å². The average Bonchev–Trinajstić information content (AvgIpc) is 2.50. The van der Waals surface area contributed by atoms with Crippen molar-refractivity contribution in [2.75, 3.05) is 24.3 Å². The van der Waals surface area contributed by atoms with Gasteiger partial charge in [-0.2, -0.15) is 0 Å². The normalized spacial score (nSPS) is 10.2. The van der Waals surface area contributed by atoms with Crippen LogP contribution in [0.4, 0.5) is 17.1 Å². The van der Waals surface area contributed by atoms with Crippen LogP contribution in [-0.2, 0) is 4.74 Å². The van der Waals surface area contributed by atoms with Crippen LogP contribution in [0, 0.1) is 6.92 Å². The van der Waals surface area contributed by atoms with Crippen LogP contribution in [0.5, 0.6) is 0 Å². The van der Waals surface area contributed by atoms with Crippen molar-refractivity contribution in [1.29, 1.82) is 0 Å². The first-order valence-corrected chi connectivity index (χ1v) is 6.89. The van der Waals surface area contributed by atoms with Crippen LogP contribution in [0.2, 0.25) is 0 Å². The quantitative estimate of drug-likeness (QED) is 0.689. The Labute approximate surface area is 125 Å². The van der Waals surface area contributed by atoms with Crippen LogP contribution in [0.1, 0.15) is 22.8 Å². The Balaban J connectivity index is 2.56. The molecule has 0 spiro atoms. The number of nitrogens with zero attached hydrogens (tertiary/aromatic N) is 1. The van der Waals surface area contributed by atoms with Gasteiger partial charge in [-0.05, 0) is 38.1 Å². The van der Waals surface area contributed by atoms with Crippen molar-refractivity contribution in [2.24, 2.45) is 0 Å². The number of aryl methyl sites for hydroxylation is 1. The molecule has 0 atom stereocenters. The molecule has 0 unspecified atom stereocenters. The first kappa shape index (κ1) is 14.9. The number of esters is 1. The minimum Gasteiger partial charge on any atom is -0.465 e. The van der Waals surface area contributed by atoms with Gasteiger partial charge in [-0.15, -0.1) is 0 Å². The maximum atomic E-state index is 12.0. The SMILES string of the molecule is CCN(c1ccc(C)cc1)c1c(N)cccc1C(=O)OC. The number of carbonyl (C=O) groups is 1. The molecule has 2 aromatic carbocycles. The molecule has 0 fully saturated rings.